The fourth-order valence-electron chi connectivity index (χ4n) is 5.09. The van der Waals surface area contributed by atoms with E-state index in [1.54, 1.807) is 6.20 Å². The number of benzene rings is 1. The lowest BCUT2D eigenvalue weighted by molar-refractivity contribution is 0.0728. The summed E-state index contributed by atoms with van der Waals surface area (Å²) in [5, 5.41) is 4.97. The molecule has 5 rings (SSSR count). The summed E-state index contributed by atoms with van der Waals surface area (Å²) in [7, 11) is 0. The van der Waals surface area contributed by atoms with Crippen LogP contribution in [0.1, 0.15) is 76.9 Å². The van der Waals surface area contributed by atoms with Crippen molar-refractivity contribution in [1.29, 1.82) is 0 Å². The molecular weight excluding hydrogens is 400 g/mol. The van der Waals surface area contributed by atoms with Gasteiger partial charge in [-0.05, 0) is 48.9 Å². The predicted molar refractivity (Wildman–Crippen MR) is 121 cm³/mol. The van der Waals surface area contributed by atoms with Crippen molar-refractivity contribution in [3.8, 4) is 0 Å². The zero-order valence-corrected chi connectivity index (χ0v) is 18.6. The first kappa shape index (κ1) is 20.6. The zero-order chi connectivity index (χ0) is 22.3. The Kier molecular flexibility index (Phi) is 5.16. The van der Waals surface area contributed by atoms with E-state index >= 15 is 0 Å². The van der Waals surface area contributed by atoms with Crippen LogP contribution in [0.3, 0.4) is 0 Å². The summed E-state index contributed by atoms with van der Waals surface area (Å²) in [5.41, 5.74) is 3.94. The Balaban J connectivity index is 1.56. The lowest BCUT2D eigenvalue weighted by atomic mass is 9.75. The molecule has 0 unspecified atom stereocenters. The van der Waals surface area contributed by atoms with Gasteiger partial charge in [-0.25, -0.2) is 0 Å². The van der Waals surface area contributed by atoms with Gasteiger partial charge < -0.3 is 4.90 Å². The van der Waals surface area contributed by atoms with E-state index in [9.17, 15) is 9.59 Å². The minimum Gasteiger partial charge on any atom is -0.330 e. The molecule has 1 aliphatic heterocycles. The number of pyridine rings is 1. The average molecular weight is 429 g/mol. The van der Waals surface area contributed by atoms with Crippen LogP contribution in [0, 0.1) is 5.41 Å². The molecule has 6 nitrogen and oxygen atoms in total. The minimum atomic E-state index is -0.174. The largest absolute Gasteiger partial charge is 0.330 e. The summed E-state index contributed by atoms with van der Waals surface area (Å²) in [6.07, 6.45) is 4.79. The molecule has 2 aliphatic rings. The number of Topliss-reactive ketones (excluding diaryl/α,β-unsaturated/α-hetero) is 1. The number of aromatic nitrogens is 3. The molecule has 1 amide bonds. The van der Waals surface area contributed by atoms with Crippen molar-refractivity contribution < 1.29 is 9.59 Å². The van der Waals surface area contributed by atoms with Crippen LogP contribution in [0.2, 0.25) is 0 Å². The van der Waals surface area contributed by atoms with E-state index in [0.717, 1.165) is 41.9 Å². The highest BCUT2D eigenvalue weighted by atomic mass is 16.2. The third-order valence-electron chi connectivity index (χ3n) is 6.54. The molecule has 1 fully saturated rings. The molecule has 0 N–H and O–H groups in total. The van der Waals surface area contributed by atoms with Gasteiger partial charge >= 0.3 is 0 Å². The first-order chi connectivity index (χ1) is 15.4. The van der Waals surface area contributed by atoms with Crippen LogP contribution in [0.15, 0.2) is 54.7 Å². The first-order valence-electron chi connectivity index (χ1n) is 11.3. The molecule has 32 heavy (non-hydrogen) atoms. The second-order valence-corrected chi connectivity index (χ2v) is 9.65. The van der Waals surface area contributed by atoms with Crippen LogP contribution in [0.5, 0.6) is 0 Å². The molecule has 164 valence electrons. The Bertz CT molecular complexity index is 1150. The summed E-state index contributed by atoms with van der Waals surface area (Å²) in [6, 6.07) is 15.0. The number of amides is 1. The van der Waals surface area contributed by atoms with Crippen LogP contribution in [0.4, 0.5) is 0 Å². The highest BCUT2D eigenvalue weighted by Crippen LogP contribution is 2.41. The highest BCUT2D eigenvalue weighted by molar-refractivity contribution is 6.00. The van der Waals surface area contributed by atoms with Crippen LogP contribution >= 0.6 is 0 Å². The predicted octanol–water partition coefficient (Wildman–Crippen LogP) is 4.46. The van der Waals surface area contributed by atoms with Crippen LogP contribution < -0.4 is 0 Å². The Morgan fingerprint density at radius 1 is 1.09 bits per heavy atom. The van der Waals surface area contributed by atoms with Gasteiger partial charge in [-0.15, -0.1) is 0 Å². The summed E-state index contributed by atoms with van der Waals surface area (Å²) >= 11 is 0. The summed E-state index contributed by atoms with van der Waals surface area (Å²) in [5.74, 6) is 0.141. The number of carbonyl (C=O) groups excluding carboxylic acids is 2. The van der Waals surface area contributed by atoms with Crippen molar-refractivity contribution >= 4 is 11.7 Å². The van der Waals surface area contributed by atoms with Gasteiger partial charge in [0.05, 0.1) is 35.2 Å². The molecule has 0 saturated carbocycles. The average Bonchev–Trinajstić information content (AvgIpc) is 3.39. The van der Waals surface area contributed by atoms with E-state index in [1.165, 1.54) is 0 Å². The van der Waals surface area contributed by atoms with Gasteiger partial charge in [-0.1, -0.05) is 38.1 Å². The summed E-state index contributed by atoms with van der Waals surface area (Å²) in [6.45, 7) is 5.46. The van der Waals surface area contributed by atoms with Gasteiger partial charge in [0.15, 0.2) is 5.78 Å². The molecule has 2 aromatic heterocycles. The van der Waals surface area contributed by atoms with E-state index in [0.29, 0.717) is 25.1 Å². The van der Waals surface area contributed by atoms with Gasteiger partial charge in [0.1, 0.15) is 0 Å². The molecule has 1 aliphatic carbocycles. The topological polar surface area (TPSA) is 68.1 Å². The van der Waals surface area contributed by atoms with Gasteiger partial charge in [0.2, 0.25) is 0 Å². The lowest BCUT2D eigenvalue weighted by Gasteiger charge is -2.30. The number of rotatable bonds is 4. The first-order valence-corrected chi connectivity index (χ1v) is 11.3. The minimum absolute atomic E-state index is 0.00437. The highest BCUT2D eigenvalue weighted by Gasteiger charge is 2.41. The molecule has 1 aromatic carbocycles. The van der Waals surface area contributed by atoms with Crippen molar-refractivity contribution in [2.75, 3.05) is 6.54 Å². The van der Waals surface area contributed by atoms with E-state index in [2.05, 4.69) is 18.8 Å². The summed E-state index contributed by atoms with van der Waals surface area (Å²) in [4.78, 5) is 33.0. The molecule has 0 bridgehead atoms. The lowest BCUT2D eigenvalue weighted by Crippen LogP contribution is -2.32. The molecule has 1 atom stereocenters. The van der Waals surface area contributed by atoms with E-state index in [1.807, 2.05) is 58.1 Å². The van der Waals surface area contributed by atoms with Gasteiger partial charge in [0.25, 0.3) is 5.91 Å². The quantitative estimate of drug-likeness (QED) is 0.615. The molecule has 0 radical (unpaired) electrons. The number of hydrogen-bond acceptors (Lipinski definition) is 4. The van der Waals surface area contributed by atoms with Gasteiger partial charge in [-0.2, -0.15) is 5.10 Å². The molecule has 1 saturated heterocycles. The molecule has 6 heteroatoms. The molecule has 0 spiro atoms. The SMILES string of the molecule is CC1(C)CC(=O)c2c([C@@H]3CCCN3C(=O)c3ccccc3)nn(Cc3ccccn3)c2C1. The Morgan fingerprint density at radius 2 is 1.88 bits per heavy atom. The Hall–Kier alpha value is -3.28. The van der Waals surface area contributed by atoms with Crippen LogP contribution in [0.25, 0.3) is 0 Å². The Morgan fingerprint density at radius 3 is 2.62 bits per heavy atom. The second kappa shape index (κ2) is 8.01. The van der Waals surface area contributed by atoms with Crippen molar-refractivity contribution in [3.63, 3.8) is 0 Å². The number of ketones is 1. The molecular formula is C26H28N4O2. The van der Waals surface area contributed by atoms with Gasteiger partial charge in [0, 0.05) is 24.7 Å². The van der Waals surface area contributed by atoms with Crippen LogP contribution in [-0.4, -0.2) is 37.9 Å². The maximum Gasteiger partial charge on any atom is 0.254 e. The molecule has 3 aromatic rings. The van der Waals surface area contributed by atoms with E-state index in [-0.39, 0.29) is 23.1 Å². The monoisotopic (exact) mass is 428 g/mol. The fraction of sp³-hybridized carbons (Fsp3) is 0.385. The van der Waals surface area contributed by atoms with Crippen molar-refractivity contribution in [2.45, 2.75) is 52.1 Å². The fourth-order valence-corrected chi connectivity index (χ4v) is 5.09. The van der Waals surface area contributed by atoms with Crippen molar-refractivity contribution in [3.05, 3.63) is 82.9 Å². The number of nitrogens with zero attached hydrogens (tertiary/aromatic N) is 4. The summed E-state index contributed by atoms with van der Waals surface area (Å²) < 4.78 is 1.95. The standard InChI is InChI=1S/C26H28N4O2/c1-26(2)15-21-23(22(31)16-26)24(28-30(21)17-19-11-6-7-13-27-19)20-12-8-14-29(20)25(32)18-9-4-3-5-10-18/h3-7,9-11,13,20H,8,12,14-17H2,1-2H3/t20-/m0/s1. The Labute approximate surface area is 188 Å². The number of hydrogen-bond donors (Lipinski definition) is 0. The third kappa shape index (κ3) is 3.74. The number of carbonyl (C=O) groups is 2. The molecule has 3 heterocycles. The van der Waals surface area contributed by atoms with E-state index < -0.39 is 0 Å². The number of likely N-dealkylation sites (tertiary alicyclic amines) is 1. The van der Waals surface area contributed by atoms with Crippen molar-refractivity contribution in [1.82, 2.24) is 19.7 Å². The van der Waals surface area contributed by atoms with Crippen molar-refractivity contribution in [2.24, 2.45) is 5.41 Å². The maximum absolute atomic E-state index is 13.3. The third-order valence-corrected chi connectivity index (χ3v) is 6.54. The number of fused-ring (bicyclic) bond motifs is 1. The van der Waals surface area contributed by atoms with E-state index in [4.69, 9.17) is 5.10 Å². The second-order valence-electron chi connectivity index (χ2n) is 9.65. The zero-order valence-electron chi connectivity index (χ0n) is 18.6. The van der Waals surface area contributed by atoms with Crippen LogP contribution in [-0.2, 0) is 13.0 Å². The van der Waals surface area contributed by atoms with Gasteiger partial charge in [-0.3, -0.25) is 19.3 Å². The normalized spacial score (nSPS) is 19.8. The smallest absolute Gasteiger partial charge is 0.254 e. The maximum atomic E-state index is 13.3.